The minimum Gasteiger partial charge on any atom is -0.470 e. The second-order valence-electron chi connectivity index (χ2n) is 7.44. The van der Waals surface area contributed by atoms with Gasteiger partial charge in [0, 0.05) is 25.0 Å². The number of nitrogens with one attached hydrogen (secondary N) is 1. The van der Waals surface area contributed by atoms with Gasteiger partial charge in [-0.15, -0.1) is 0 Å². The zero-order valence-electron chi connectivity index (χ0n) is 17.9. The Balaban J connectivity index is 1.36. The highest BCUT2D eigenvalue weighted by atomic mass is 35.5. The van der Waals surface area contributed by atoms with Crippen LogP contribution in [-0.4, -0.2) is 54.7 Å². The molecule has 0 bridgehead atoms. The molecule has 9 nitrogen and oxygen atoms in total. The lowest BCUT2D eigenvalue weighted by Crippen LogP contribution is -2.40. The highest BCUT2D eigenvalue weighted by Crippen LogP contribution is 2.25. The fourth-order valence-corrected chi connectivity index (χ4v) is 4.83. The van der Waals surface area contributed by atoms with E-state index in [1.165, 1.54) is 21.1 Å². The van der Waals surface area contributed by atoms with Crippen molar-refractivity contribution in [1.82, 2.24) is 14.1 Å². The number of ether oxygens (including phenoxy) is 2. The second-order valence-corrected chi connectivity index (χ2v) is 9.79. The summed E-state index contributed by atoms with van der Waals surface area (Å²) in [5, 5.41) is 7.42. The van der Waals surface area contributed by atoms with E-state index in [4.69, 9.17) is 21.1 Å². The van der Waals surface area contributed by atoms with Gasteiger partial charge in [-0.05, 0) is 55.0 Å². The normalized spacial score (nSPS) is 14.7. The highest BCUT2D eigenvalue weighted by molar-refractivity contribution is 7.89. The molecular formula is C22H23ClN4O5S. The fraction of sp³-hybridized carbons (Fsp3) is 0.273. The zero-order chi connectivity index (χ0) is 23.4. The Morgan fingerprint density at radius 3 is 2.61 bits per heavy atom. The van der Waals surface area contributed by atoms with Gasteiger partial charge in [0.2, 0.25) is 10.0 Å². The molecule has 2 heterocycles. The molecule has 1 amide bonds. The van der Waals surface area contributed by atoms with Crippen LogP contribution in [-0.2, 0) is 21.5 Å². The average molecular weight is 491 g/mol. The minimum absolute atomic E-state index is 0.0878. The van der Waals surface area contributed by atoms with Gasteiger partial charge in [-0.25, -0.2) is 13.1 Å². The number of sulfonamides is 1. The third kappa shape index (κ3) is 5.53. The molecule has 0 radical (unpaired) electrons. The predicted molar refractivity (Wildman–Crippen MR) is 123 cm³/mol. The van der Waals surface area contributed by atoms with Crippen molar-refractivity contribution in [3.05, 3.63) is 71.0 Å². The molecular weight excluding hydrogens is 468 g/mol. The first-order valence-corrected chi connectivity index (χ1v) is 12.1. The molecule has 1 N–H and O–H groups in total. The summed E-state index contributed by atoms with van der Waals surface area (Å²) in [5.74, 6) is 0.108. The first kappa shape index (κ1) is 23.2. The van der Waals surface area contributed by atoms with Gasteiger partial charge in [0.1, 0.15) is 5.75 Å². The monoisotopic (exact) mass is 490 g/mol. The number of benzene rings is 2. The zero-order valence-corrected chi connectivity index (χ0v) is 19.5. The number of nitrogens with zero attached hydrogens (tertiary/aromatic N) is 3. The average Bonchev–Trinajstić information content (AvgIpc) is 3.30. The van der Waals surface area contributed by atoms with E-state index in [0.717, 1.165) is 5.56 Å². The summed E-state index contributed by atoms with van der Waals surface area (Å²) in [6.45, 7) is 3.42. The molecule has 0 saturated carbocycles. The van der Waals surface area contributed by atoms with Gasteiger partial charge in [-0.2, -0.15) is 9.40 Å². The predicted octanol–water partition coefficient (Wildman–Crippen LogP) is 3.15. The Morgan fingerprint density at radius 2 is 1.88 bits per heavy atom. The van der Waals surface area contributed by atoms with Gasteiger partial charge >= 0.3 is 0 Å². The van der Waals surface area contributed by atoms with Crippen LogP contribution in [0.4, 0.5) is 5.69 Å². The van der Waals surface area contributed by atoms with Crippen LogP contribution < -0.4 is 10.1 Å². The van der Waals surface area contributed by atoms with Gasteiger partial charge in [0.25, 0.3) is 5.91 Å². The Labute approximate surface area is 196 Å². The van der Waals surface area contributed by atoms with E-state index in [0.29, 0.717) is 42.8 Å². The molecule has 1 aliphatic rings. The number of aromatic nitrogens is 2. The smallest absolute Gasteiger partial charge is 0.276 e. The lowest BCUT2D eigenvalue weighted by Gasteiger charge is -2.26. The minimum atomic E-state index is -3.59. The SMILES string of the molecule is Cc1ccc(Cl)c(OCn2ccc(C(=O)Nc3ccc(S(=O)(=O)N4CCOCC4)cc3)n2)c1. The fourth-order valence-electron chi connectivity index (χ4n) is 3.25. The number of aryl methyl sites for hydroxylation is 1. The van der Waals surface area contributed by atoms with E-state index in [2.05, 4.69) is 10.4 Å². The van der Waals surface area contributed by atoms with Crippen molar-refractivity contribution < 1.29 is 22.7 Å². The molecule has 11 heteroatoms. The van der Waals surface area contributed by atoms with E-state index in [1.54, 1.807) is 30.5 Å². The van der Waals surface area contributed by atoms with Crippen LogP contribution in [0.3, 0.4) is 0 Å². The Kier molecular flexibility index (Phi) is 6.99. The van der Waals surface area contributed by atoms with E-state index in [1.807, 2.05) is 19.1 Å². The first-order chi connectivity index (χ1) is 15.8. The van der Waals surface area contributed by atoms with Crippen molar-refractivity contribution >= 4 is 33.2 Å². The number of halogens is 1. The number of hydrogen-bond acceptors (Lipinski definition) is 6. The molecule has 0 aliphatic carbocycles. The quantitative estimate of drug-likeness (QED) is 0.545. The maximum Gasteiger partial charge on any atom is 0.276 e. The van der Waals surface area contributed by atoms with Crippen LogP contribution in [0.5, 0.6) is 5.75 Å². The van der Waals surface area contributed by atoms with Crippen LogP contribution in [0.2, 0.25) is 5.02 Å². The highest BCUT2D eigenvalue weighted by Gasteiger charge is 2.26. The number of morpholine rings is 1. The van der Waals surface area contributed by atoms with Crippen molar-refractivity contribution in [3.63, 3.8) is 0 Å². The molecule has 174 valence electrons. The lowest BCUT2D eigenvalue weighted by molar-refractivity contribution is 0.0730. The van der Waals surface area contributed by atoms with Crippen molar-refractivity contribution in [2.24, 2.45) is 0 Å². The molecule has 0 atom stereocenters. The number of amides is 1. The maximum atomic E-state index is 12.7. The molecule has 4 rings (SSSR count). The molecule has 0 spiro atoms. The third-order valence-corrected chi connectivity index (χ3v) is 7.26. The standard InChI is InChI=1S/C22H23ClN4O5S/c1-16-2-7-19(23)21(14-16)32-15-26-9-8-20(25-26)22(28)24-17-3-5-18(6-4-17)33(29,30)27-10-12-31-13-11-27/h2-9,14H,10-13,15H2,1H3,(H,24,28). The summed E-state index contributed by atoms with van der Waals surface area (Å²) in [7, 11) is -3.59. The number of carbonyl (C=O) groups is 1. The van der Waals surface area contributed by atoms with Gasteiger partial charge in [-0.3, -0.25) is 4.79 Å². The number of carbonyl (C=O) groups excluding carboxylic acids is 1. The summed E-state index contributed by atoms with van der Waals surface area (Å²) >= 11 is 6.13. The largest absolute Gasteiger partial charge is 0.470 e. The van der Waals surface area contributed by atoms with Crippen molar-refractivity contribution in [2.75, 3.05) is 31.6 Å². The van der Waals surface area contributed by atoms with Crippen LogP contribution in [0.25, 0.3) is 0 Å². The summed E-state index contributed by atoms with van der Waals surface area (Å²) in [4.78, 5) is 12.7. The third-order valence-electron chi connectivity index (χ3n) is 5.03. The van der Waals surface area contributed by atoms with E-state index in [-0.39, 0.29) is 17.3 Å². The van der Waals surface area contributed by atoms with Crippen LogP contribution in [0, 0.1) is 6.92 Å². The number of rotatable bonds is 7. The molecule has 1 aromatic heterocycles. The topological polar surface area (TPSA) is 103 Å². The maximum absolute atomic E-state index is 12.7. The first-order valence-electron chi connectivity index (χ1n) is 10.2. The number of hydrogen-bond donors (Lipinski definition) is 1. The van der Waals surface area contributed by atoms with E-state index < -0.39 is 15.9 Å². The van der Waals surface area contributed by atoms with E-state index in [9.17, 15) is 13.2 Å². The molecule has 3 aromatic rings. The lowest BCUT2D eigenvalue weighted by atomic mass is 10.2. The Hall–Kier alpha value is -2.92. The summed E-state index contributed by atoms with van der Waals surface area (Å²) in [5.41, 5.74) is 1.66. The summed E-state index contributed by atoms with van der Waals surface area (Å²) in [6.07, 6.45) is 1.62. The molecule has 1 aliphatic heterocycles. The number of anilines is 1. The molecule has 0 unspecified atom stereocenters. The Morgan fingerprint density at radius 1 is 1.15 bits per heavy atom. The van der Waals surface area contributed by atoms with Crippen LogP contribution in [0.15, 0.2) is 59.6 Å². The molecule has 1 fully saturated rings. The van der Waals surface area contributed by atoms with Crippen LogP contribution >= 0.6 is 11.6 Å². The van der Waals surface area contributed by atoms with Crippen molar-refractivity contribution in [2.45, 2.75) is 18.6 Å². The van der Waals surface area contributed by atoms with Crippen LogP contribution in [0.1, 0.15) is 16.1 Å². The van der Waals surface area contributed by atoms with Crippen molar-refractivity contribution in [1.29, 1.82) is 0 Å². The van der Waals surface area contributed by atoms with Gasteiger partial charge in [0.05, 0.1) is 23.1 Å². The molecule has 33 heavy (non-hydrogen) atoms. The summed E-state index contributed by atoms with van der Waals surface area (Å²) < 4.78 is 39.2. The summed E-state index contributed by atoms with van der Waals surface area (Å²) in [6, 6.07) is 13.1. The van der Waals surface area contributed by atoms with Gasteiger partial charge in [0.15, 0.2) is 12.4 Å². The molecule has 2 aromatic carbocycles. The van der Waals surface area contributed by atoms with E-state index >= 15 is 0 Å². The molecule has 1 saturated heterocycles. The van der Waals surface area contributed by atoms with Gasteiger partial charge < -0.3 is 14.8 Å². The van der Waals surface area contributed by atoms with Gasteiger partial charge in [-0.1, -0.05) is 17.7 Å². The second kappa shape index (κ2) is 9.92. The Bertz CT molecular complexity index is 1240. The van der Waals surface area contributed by atoms with Crippen molar-refractivity contribution in [3.8, 4) is 5.75 Å².